The number of benzene rings is 3. The van der Waals surface area contributed by atoms with Crippen LogP contribution in [0.5, 0.6) is 23.0 Å². The van der Waals surface area contributed by atoms with E-state index in [4.69, 9.17) is 28.4 Å². The molecule has 294 valence electrons. The summed E-state index contributed by atoms with van der Waals surface area (Å²) in [5.41, 5.74) is 9.23. The lowest BCUT2D eigenvalue weighted by atomic mass is 9.68. The van der Waals surface area contributed by atoms with E-state index in [1.165, 1.54) is 71.1 Å². The van der Waals surface area contributed by atoms with Crippen LogP contribution in [0.4, 0.5) is 0 Å². The van der Waals surface area contributed by atoms with Crippen molar-refractivity contribution in [3.63, 3.8) is 0 Å². The molecule has 3 aromatic rings. The summed E-state index contributed by atoms with van der Waals surface area (Å²) in [7, 11) is 0. The van der Waals surface area contributed by atoms with Gasteiger partial charge in [0.05, 0.1) is 32.0 Å². The van der Waals surface area contributed by atoms with Crippen molar-refractivity contribution in [2.45, 2.75) is 137 Å². The van der Waals surface area contributed by atoms with Crippen LogP contribution in [0.15, 0.2) is 54.1 Å². The van der Waals surface area contributed by atoms with E-state index in [1.807, 2.05) is 0 Å². The molecule has 0 amide bonds. The second-order valence-corrected chi connectivity index (χ2v) is 16.9. The highest BCUT2D eigenvalue weighted by Crippen LogP contribution is 2.54. The lowest BCUT2D eigenvalue weighted by molar-refractivity contribution is 0.00921. The zero-order valence-corrected chi connectivity index (χ0v) is 34.5. The molecule has 0 unspecified atom stereocenters. The number of allylic oxidation sites excluding steroid dienone is 2. The number of fused-ring (bicyclic) bond motifs is 6. The Morgan fingerprint density at radius 2 is 1.30 bits per heavy atom. The summed E-state index contributed by atoms with van der Waals surface area (Å²) in [4.78, 5) is 0. The number of rotatable bonds is 19. The predicted octanol–water partition coefficient (Wildman–Crippen LogP) is 11.9. The van der Waals surface area contributed by atoms with E-state index in [0.29, 0.717) is 51.5 Å². The van der Waals surface area contributed by atoms with Gasteiger partial charge in [0.1, 0.15) is 47.4 Å². The summed E-state index contributed by atoms with van der Waals surface area (Å²) in [6.07, 6.45) is 13.9. The van der Waals surface area contributed by atoms with Gasteiger partial charge < -0.3 is 28.4 Å². The lowest BCUT2D eigenvalue weighted by Gasteiger charge is -2.46. The van der Waals surface area contributed by atoms with E-state index in [9.17, 15) is 0 Å². The first kappa shape index (κ1) is 40.2. The van der Waals surface area contributed by atoms with Gasteiger partial charge in [-0.15, -0.1) is 0 Å². The Balaban J connectivity index is 1.02. The van der Waals surface area contributed by atoms with Crippen LogP contribution in [0.25, 0.3) is 11.1 Å². The van der Waals surface area contributed by atoms with E-state index in [-0.39, 0.29) is 5.60 Å². The van der Waals surface area contributed by atoms with Gasteiger partial charge in [-0.3, -0.25) is 0 Å². The summed E-state index contributed by atoms with van der Waals surface area (Å²) in [6.45, 7) is 20.6. The van der Waals surface area contributed by atoms with Gasteiger partial charge in [-0.05, 0) is 121 Å². The van der Waals surface area contributed by atoms with Crippen LogP contribution in [0.1, 0.15) is 134 Å². The molecule has 0 saturated heterocycles. The number of hydrogen-bond acceptors (Lipinski definition) is 6. The summed E-state index contributed by atoms with van der Waals surface area (Å²) >= 11 is 0. The molecule has 2 heterocycles. The summed E-state index contributed by atoms with van der Waals surface area (Å²) in [6, 6.07) is 15.6. The molecule has 0 aromatic heterocycles. The van der Waals surface area contributed by atoms with Crippen LogP contribution in [-0.4, -0.2) is 45.2 Å². The molecule has 6 heteroatoms. The minimum Gasteiger partial charge on any atom is -0.491 e. The van der Waals surface area contributed by atoms with Crippen LogP contribution >= 0.6 is 0 Å². The molecule has 0 N–H and O–H groups in total. The van der Waals surface area contributed by atoms with Gasteiger partial charge in [-0.25, -0.2) is 0 Å². The highest BCUT2D eigenvalue weighted by atomic mass is 16.6. The van der Waals surface area contributed by atoms with Gasteiger partial charge in [0.2, 0.25) is 0 Å². The maximum absolute atomic E-state index is 6.74. The third-order valence-electron chi connectivity index (χ3n) is 11.6. The SMILES string of the molecule is CCCCCc1cc(OCCOCCOCCOc2cc(CCCCC)cc3c2[C@@H]2C=C(C)CC[C@H]2C(C)(C)O3)c2c(c1)OC(C)(C)c1ccc(C)cc1-2. The highest BCUT2D eigenvalue weighted by Gasteiger charge is 2.45. The van der Waals surface area contributed by atoms with Crippen molar-refractivity contribution in [1.29, 1.82) is 0 Å². The topological polar surface area (TPSA) is 55.4 Å². The van der Waals surface area contributed by atoms with Crippen molar-refractivity contribution >= 4 is 0 Å². The summed E-state index contributed by atoms with van der Waals surface area (Å²) in [5, 5.41) is 0. The van der Waals surface area contributed by atoms with Gasteiger partial charge in [-0.1, -0.05) is 74.9 Å². The third-order valence-corrected chi connectivity index (χ3v) is 11.6. The van der Waals surface area contributed by atoms with E-state index in [1.54, 1.807) is 0 Å². The van der Waals surface area contributed by atoms with Gasteiger partial charge in [0, 0.05) is 23.0 Å². The fourth-order valence-electron chi connectivity index (χ4n) is 8.69. The Morgan fingerprint density at radius 1 is 0.685 bits per heavy atom. The Morgan fingerprint density at radius 3 is 1.96 bits per heavy atom. The molecule has 3 aromatic carbocycles. The van der Waals surface area contributed by atoms with Crippen LogP contribution in [0.3, 0.4) is 0 Å². The maximum atomic E-state index is 6.74. The molecule has 6 nitrogen and oxygen atoms in total. The monoisotopic (exact) mass is 738 g/mol. The molecular formula is C48H66O6. The normalized spacial score (nSPS) is 19.0. The molecule has 3 aliphatic rings. The zero-order chi connectivity index (χ0) is 38.3. The second kappa shape index (κ2) is 18.0. The fourth-order valence-corrected chi connectivity index (χ4v) is 8.69. The number of ether oxygens (including phenoxy) is 6. The summed E-state index contributed by atoms with van der Waals surface area (Å²) in [5.74, 6) is 4.46. The Hall–Kier alpha value is -3.48. The largest absolute Gasteiger partial charge is 0.491 e. The first-order valence-electron chi connectivity index (χ1n) is 20.9. The second-order valence-electron chi connectivity index (χ2n) is 16.9. The average Bonchev–Trinajstić information content (AvgIpc) is 3.11. The van der Waals surface area contributed by atoms with Gasteiger partial charge in [0.25, 0.3) is 0 Å². The quantitative estimate of drug-likeness (QED) is 0.0901. The smallest absolute Gasteiger partial charge is 0.132 e. The molecule has 0 fully saturated rings. The minimum absolute atomic E-state index is 0.212. The maximum Gasteiger partial charge on any atom is 0.132 e. The molecule has 0 bridgehead atoms. The van der Waals surface area contributed by atoms with Gasteiger partial charge in [0.15, 0.2) is 0 Å². The van der Waals surface area contributed by atoms with Crippen molar-refractivity contribution in [2.75, 3.05) is 39.6 Å². The molecule has 2 aliphatic heterocycles. The fraction of sp³-hybridized carbons (Fsp3) is 0.583. The van der Waals surface area contributed by atoms with E-state index in [2.05, 4.69) is 104 Å². The van der Waals surface area contributed by atoms with E-state index >= 15 is 0 Å². The third kappa shape index (κ3) is 9.48. The molecule has 0 radical (unpaired) electrons. The molecule has 54 heavy (non-hydrogen) atoms. The minimum atomic E-state index is -0.415. The van der Waals surface area contributed by atoms with Crippen molar-refractivity contribution in [3.05, 3.63) is 81.9 Å². The van der Waals surface area contributed by atoms with Crippen LogP contribution < -0.4 is 18.9 Å². The standard InChI is InChI=1S/C48H66O6/c1-9-11-13-15-35-29-41(45-37-27-33(3)17-19-39(37)47(5,6)53-43(45)31-35)51-25-23-49-21-22-50-24-26-52-42-30-36(16-14-12-10-2)32-44-46(42)38-28-34(4)18-20-40(38)48(7,8)54-44/h17,19,27-32,38,40H,9-16,18,20-26H2,1-8H3/t38-,40-/m1/s1. The Bertz CT molecular complexity index is 1750. The Labute approximate surface area is 325 Å². The van der Waals surface area contributed by atoms with E-state index in [0.717, 1.165) is 60.7 Å². The van der Waals surface area contributed by atoms with E-state index < -0.39 is 5.60 Å². The first-order valence-corrected chi connectivity index (χ1v) is 20.9. The van der Waals surface area contributed by atoms with Crippen molar-refractivity contribution in [2.24, 2.45) is 5.92 Å². The van der Waals surface area contributed by atoms with Crippen molar-refractivity contribution in [3.8, 4) is 34.1 Å². The molecule has 0 saturated carbocycles. The predicted molar refractivity (Wildman–Crippen MR) is 220 cm³/mol. The van der Waals surface area contributed by atoms with Crippen molar-refractivity contribution < 1.29 is 28.4 Å². The molecule has 6 rings (SSSR count). The van der Waals surface area contributed by atoms with Crippen molar-refractivity contribution in [1.82, 2.24) is 0 Å². The average molecular weight is 739 g/mol. The first-order chi connectivity index (χ1) is 26.0. The molecule has 1 aliphatic carbocycles. The molecule has 2 atom stereocenters. The number of unbranched alkanes of at least 4 members (excludes halogenated alkanes) is 4. The Kier molecular flexibility index (Phi) is 13.4. The highest BCUT2D eigenvalue weighted by molar-refractivity contribution is 5.82. The van der Waals surface area contributed by atoms with Gasteiger partial charge >= 0.3 is 0 Å². The molecule has 0 spiro atoms. The zero-order valence-electron chi connectivity index (χ0n) is 34.5. The number of aryl methyl sites for hydroxylation is 3. The number of hydrogen-bond donors (Lipinski definition) is 0. The summed E-state index contributed by atoms with van der Waals surface area (Å²) < 4.78 is 38.3. The lowest BCUT2D eigenvalue weighted by Crippen LogP contribution is -2.45. The molecular weight excluding hydrogens is 673 g/mol. The van der Waals surface area contributed by atoms with Crippen LogP contribution in [0, 0.1) is 12.8 Å². The van der Waals surface area contributed by atoms with Gasteiger partial charge in [-0.2, -0.15) is 0 Å². The van der Waals surface area contributed by atoms with Crippen LogP contribution in [-0.2, 0) is 27.9 Å². The van der Waals surface area contributed by atoms with Crippen LogP contribution in [0.2, 0.25) is 0 Å².